The second-order valence-electron chi connectivity index (χ2n) is 3.46. The van der Waals surface area contributed by atoms with Crippen molar-refractivity contribution in [2.45, 2.75) is 13.3 Å². The average Bonchev–Trinajstić information content (AvgIpc) is 2.68. The van der Waals surface area contributed by atoms with E-state index in [0.717, 1.165) is 0 Å². The second kappa shape index (κ2) is 4.53. The first-order valence-electron chi connectivity index (χ1n) is 4.85. The third kappa shape index (κ3) is 2.17. The highest BCUT2D eigenvalue weighted by Gasteiger charge is 2.14. The highest BCUT2D eigenvalue weighted by molar-refractivity contribution is 7.11. The standard InChI is InChI=1S/C12H10FNOS/c1-8-12(16-7-14-8)11(15)6-9-4-2-3-5-10(9)13/h2-5,7H,6H2,1H3. The van der Waals surface area contributed by atoms with Gasteiger partial charge in [0.25, 0.3) is 0 Å². The topological polar surface area (TPSA) is 30.0 Å². The van der Waals surface area contributed by atoms with Crippen LogP contribution in [0, 0.1) is 12.7 Å². The summed E-state index contributed by atoms with van der Waals surface area (Å²) in [6.07, 6.45) is 0.0930. The first-order valence-corrected chi connectivity index (χ1v) is 5.73. The van der Waals surface area contributed by atoms with E-state index in [9.17, 15) is 9.18 Å². The number of carbonyl (C=O) groups excluding carboxylic acids is 1. The van der Waals surface area contributed by atoms with Gasteiger partial charge in [-0.25, -0.2) is 9.37 Å². The van der Waals surface area contributed by atoms with E-state index in [0.29, 0.717) is 16.1 Å². The third-order valence-corrected chi connectivity index (χ3v) is 3.28. The highest BCUT2D eigenvalue weighted by Crippen LogP contribution is 2.16. The van der Waals surface area contributed by atoms with Crippen molar-refractivity contribution < 1.29 is 9.18 Å². The molecule has 16 heavy (non-hydrogen) atoms. The van der Waals surface area contributed by atoms with E-state index in [1.807, 2.05) is 0 Å². The molecular weight excluding hydrogens is 225 g/mol. The summed E-state index contributed by atoms with van der Waals surface area (Å²) in [5.74, 6) is -0.414. The Morgan fingerprint density at radius 1 is 1.44 bits per heavy atom. The number of aryl methyl sites for hydroxylation is 1. The average molecular weight is 235 g/mol. The summed E-state index contributed by atoms with van der Waals surface area (Å²) >= 11 is 1.30. The van der Waals surface area contributed by atoms with Crippen LogP contribution in [-0.4, -0.2) is 10.8 Å². The van der Waals surface area contributed by atoms with Crippen LogP contribution in [0.1, 0.15) is 20.9 Å². The van der Waals surface area contributed by atoms with E-state index >= 15 is 0 Å². The first-order chi connectivity index (χ1) is 7.68. The molecule has 1 aromatic heterocycles. The molecule has 0 aliphatic heterocycles. The van der Waals surface area contributed by atoms with Crippen LogP contribution in [0.4, 0.5) is 4.39 Å². The molecule has 0 radical (unpaired) electrons. The van der Waals surface area contributed by atoms with E-state index in [4.69, 9.17) is 0 Å². The highest BCUT2D eigenvalue weighted by atomic mass is 32.1. The third-order valence-electron chi connectivity index (χ3n) is 2.31. The van der Waals surface area contributed by atoms with Gasteiger partial charge in [0, 0.05) is 6.42 Å². The van der Waals surface area contributed by atoms with Gasteiger partial charge >= 0.3 is 0 Å². The monoisotopic (exact) mass is 235 g/mol. The minimum absolute atomic E-state index is 0.0786. The van der Waals surface area contributed by atoms with Crippen LogP contribution in [0.15, 0.2) is 29.8 Å². The number of hydrogen-bond acceptors (Lipinski definition) is 3. The fourth-order valence-electron chi connectivity index (χ4n) is 1.46. The SMILES string of the molecule is Cc1ncsc1C(=O)Cc1ccccc1F. The van der Waals surface area contributed by atoms with E-state index in [2.05, 4.69) is 4.98 Å². The van der Waals surface area contributed by atoms with Crippen LogP contribution < -0.4 is 0 Å². The molecule has 0 spiro atoms. The molecule has 4 heteroatoms. The maximum atomic E-state index is 13.3. The van der Waals surface area contributed by atoms with E-state index in [1.54, 1.807) is 30.6 Å². The van der Waals surface area contributed by atoms with Crippen molar-refractivity contribution in [3.05, 3.63) is 51.7 Å². The van der Waals surface area contributed by atoms with Crippen LogP contribution in [0.5, 0.6) is 0 Å². The summed E-state index contributed by atoms with van der Waals surface area (Å²) in [7, 11) is 0. The zero-order valence-electron chi connectivity index (χ0n) is 8.74. The van der Waals surface area contributed by atoms with Crippen molar-refractivity contribution in [2.75, 3.05) is 0 Å². The van der Waals surface area contributed by atoms with Gasteiger partial charge in [0.2, 0.25) is 0 Å². The Morgan fingerprint density at radius 2 is 2.19 bits per heavy atom. The van der Waals surface area contributed by atoms with Crippen molar-refractivity contribution in [2.24, 2.45) is 0 Å². The Kier molecular flexibility index (Phi) is 3.10. The number of Topliss-reactive ketones (excluding diaryl/α,β-unsaturated/α-hetero) is 1. The molecule has 0 aliphatic carbocycles. The summed E-state index contributed by atoms with van der Waals surface area (Å²) in [5, 5.41) is 0. The van der Waals surface area contributed by atoms with Crippen LogP contribution in [0.25, 0.3) is 0 Å². The molecule has 2 rings (SSSR count). The molecular formula is C12H10FNOS. The summed E-state index contributed by atoms with van der Waals surface area (Å²) in [4.78, 5) is 16.5. The summed E-state index contributed by atoms with van der Waals surface area (Å²) in [5.41, 5.74) is 2.77. The molecule has 0 atom stereocenters. The molecule has 0 amide bonds. The zero-order chi connectivity index (χ0) is 11.5. The quantitative estimate of drug-likeness (QED) is 0.765. The fourth-order valence-corrected chi connectivity index (χ4v) is 2.21. The second-order valence-corrected chi connectivity index (χ2v) is 4.31. The van der Waals surface area contributed by atoms with E-state index in [-0.39, 0.29) is 18.0 Å². The lowest BCUT2D eigenvalue weighted by Crippen LogP contribution is -2.04. The van der Waals surface area contributed by atoms with Gasteiger partial charge in [-0.2, -0.15) is 0 Å². The maximum absolute atomic E-state index is 13.3. The Bertz CT molecular complexity index is 521. The Balaban J connectivity index is 2.21. The van der Waals surface area contributed by atoms with E-state index < -0.39 is 0 Å². The van der Waals surface area contributed by atoms with Gasteiger partial charge in [0.15, 0.2) is 5.78 Å². The van der Waals surface area contributed by atoms with Crippen molar-refractivity contribution in [1.82, 2.24) is 4.98 Å². The molecule has 0 N–H and O–H groups in total. The van der Waals surface area contributed by atoms with Crippen molar-refractivity contribution in [3.63, 3.8) is 0 Å². The van der Waals surface area contributed by atoms with Gasteiger partial charge in [-0.3, -0.25) is 4.79 Å². The smallest absolute Gasteiger partial charge is 0.179 e. The van der Waals surface area contributed by atoms with Gasteiger partial charge in [0.05, 0.1) is 16.1 Å². The number of carbonyl (C=O) groups is 1. The van der Waals surface area contributed by atoms with Crippen molar-refractivity contribution >= 4 is 17.1 Å². The van der Waals surface area contributed by atoms with Gasteiger partial charge in [-0.05, 0) is 18.6 Å². The molecule has 0 saturated heterocycles. The largest absolute Gasteiger partial charge is 0.293 e. The summed E-state index contributed by atoms with van der Waals surface area (Å²) < 4.78 is 13.3. The lowest BCUT2D eigenvalue weighted by Gasteiger charge is -2.01. The molecule has 82 valence electrons. The van der Waals surface area contributed by atoms with Gasteiger partial charge in [0.1, 0.15) is 5.82 Å². The minimum Gasteiger partial charge on any atom is -0.293 e. The van der Waals surface area contributed by atoms with Crippen molar-refractivity contribution in [3.8, 4) is 0 Å². The number of halogens is 1. The van der Waals surface area contributed by atoms with Crippen molar-refractivity contribution in [1.29, 1.82) is 0 Å². The first kappa shape index (κ1) is 11.0. The Labute approximate surface area is 96.8 Å². The number of thiazole rings is 1. The molecule has 0 saturated carbocycles. The number of aromatic nitrogens is 1. The predicted octanol–water partition coefficient (Wildman–Crippen LogP) is 3.02. The molecule has 2 nitrogen and oxygen atoms in total. The van der Waals surface area contributed by atoms with Crippen LogP contribution in [0.2, 0.25) is 0 Å². The fraction of sp³-hybridized carbons (Fsp3) is 0.167. The molecule has 0 unspecified atom stereocenters. The van der Waals surface area contributed by atoms with Crippen LogP contribution in [-0.2, 0) is 6.42 Å². The Hall–Kier alpha value is -1.55. The normalized spacial score (nSPS) is 10.4. The molecule has 0 bridgehead atoms. The Morgan fingerprint density at radius 3 is 2.81 bits per heavy atom. The van der Waals surface area contributed by atoms with Gasteiger partial charge < -0.3 is 0 Å². The lowest BCUT2D eigenvalue weighted by molar-refractivity contribution is 0.0995. The van der Waals surface area contributed by atoms with Crippen LogP contribution in [0.3, 0.4) is 0 Å². The van der Waals surface area contributed by atoms with E-state index in [1.165, 1.54) is 17.4 Å². The molecule has 0 fully saturated rings. The number of rotatable bonds is 3. The number of hydrogen-bond donors (Lipinski definition) is 0. The number of ketones is 1. The molecule has 2 aromatic rings. The number of nitrogens with zero attached hydrogens (tertiary/aromatic N) is 1. The predicted molar refractivity (Wildman–Crippen MR) is 61.3 cm³/mol. The molecule has 0 aliphatic rings. The van der Waals surface area contributed by atoms with Gasteiger partial charge in [-0.1, -0.05) is 18.2 Å². The van der Waals surface area contributed by atoms with Crippen LogP contribution >= 0.6 is 11.3 Å². The van der Waals surface area contributed by atoms with Gasteiger partial charge in [-0.15, -0.1) is 11.3 Å². The zero-order valence-corrected chi connectivity index (χ0v) is 9.55. The molecule has 1 heterocycles. The maximum Gasteiger partial charge on any atom is 0.179 e. The summed E-state index contributed by atoms with van der Waals surface area (Å²) in [6, 6.07) is 6.33. The summed E-state index contributed by atoms with van der Waals surface area (Å²) in [6.45, 7) is 1.78. The minimum atomic E-state index is -0.335. The number of benzene rings is 1. The molecule has 1 aromatic carbocycles. The lowest BCUT2D eigenvalue weighted by atomic mass is 10.1.